The summed E-state index contributed by atoms with van der Waals surface area (Å²) >= 11 is 3.62. The maximum atomic E-state index is 4.94. The van der Waals surface area contributed by atoms with Crippen molar-refractivity contribution in [2.45, 2.75) is 24.7 Å². The SMILES string of the molecule is CN1CCN(c2nc3ccccc3cc2CBr)CC1(C)C. The van der Waals surface area contributed by atoms with Crippen molar-refractivity contribution in [1.82, 2.24) is 9.88 Å². The fourth-order valence-electron chi connectivity index (χ4n) is 2.94. The van der Waals surface area contributed by atoms with Crippen molar-refractivity contribution in [3.63, 3.8) is 0 Å². The molecule has 0 amide bonds. The Kier molecular flexibility index (Phi) is 3.93. The van der Waals surface area contributed by atoms with Crippen LogP contribution < -0.4 is 4.90 Å². The van der Waals surface area contributed by atoms with Crippen LogP contribution in [0.5, 0.6) is 0 Å². The summed E-state index contributed by atoms with van der Waals surface area (Å²) in [6.07, 6.45) is 0. The molecule has 1 fully saturated rings. The highest BCUT2D eigenvalue weighted by atomic mass is 79.9. The maximum Gasteiger partial charge on any atom is 0.133 e. The highest BCUT2D eigenvalue weighted by Crippen LogP contribution is 2.29. The summed E-state index contributed by atoms with van der Waals surface area (Å²) < 4.78 is 0. The van der Waals surface area contributed by atoms with Gasteiger partial charge in [0, 0.05) is 41.5 Å². The molecule has 3 nitrogen and oxygen atoms in total. The third-order valence-electron chi connectivity index (χ3n) is 4.54. The predicted octanol–water partition coefficient (Wildman–Crippen LogP) is 3.66. The first-order chi connectivity index (χ1) is 10.0. The highest BCUT2D eigenvalue weighted by molar-refractivity contribution is 9.08. The van der Waals surface area contributed by atoms with Crippen LogP contribution in [0.4, 0.5) is 5.82 Å². The van der Waals surface area contributed by atoms with Crippen LogP contribution in [-0.2, 0) is 5.33 Å². The number of nitrogens with zero attached hydrogens (tertiary/aromatic N) is 3. The lowest BCUT2D eigenvalue weighted by Gasteiger charge is -2.46. The number of fused-ring (bicyclic) bond motifs is 1. The third kappa shape index (κ3) is 2.79. The van der Waals surface area contributed by atoms with Gasteiger partial charge in [-0.2, -0.15) is 0 Å². The minimum Gasteiger partial charge on any atom is -0.353 e. The molecule has 1 aliphatic rings. The first kappa shape index (κ1) is 14.8. The van der Waals surface area contributed by atoms with Crippen molar-refractivity contribution < 1.29 is 0 Å². The molecule has 4 heteroatoms. The van der Waals surface area contributed by atoms with Crippen LogP contribution >= 0.6 is 15.9 Å². The van der Waals surface area contributed by atoms with Crippen LogP contribution in [0.25, 0.3) is 10.9 Å². The fourth-order valence-corrected chi connectivity index (χ4v) is 3.36. The zero-order valence-corrected chi connectivity index (χ0v) is 14.5. The lowest BCUT2D eigenvalue weighted by Crippen LogP contribution is -2.58. The number of alkyl halides is 1. The summed E-state index contributed by atoms with van der Waals surface area (Å²) in [5.41, 5.74) is 2.53. The largest absolute Gasteiger partial charge is 0.353 e. The number of likely N-dealkylation sites (N-methyl/N-ethyl adjacent to an activating group) is 1. The second-order valence-electron chi connectivity index (χ2n) is 6.45. The van der Waals surface area contributed by atoms with Gasteiger partial charge in [-0.3, -0.25) is 4.90 Å². The molecule has 1 aromatic carbocycles. The number of pyridine rings is 1. The van der Waals surface area contributed by atoms with Crippen LogP contribution in [-0.4, -0.2) is 42.1 Å². The van der Waals surface area contributed by atoms with E-state index >= 15 is 0 Å². The van der Waals surface area contributed by atoms with Crippen LogP contribution in [0.3, 0.4) is 0 Å². The van der Waals surface area contributed by atoms with Gasteiger partial charge in [-0.1, -0.05) is 34.1 Å². The zero-order valence-electron chi connectivity index (χ0n) is 12.9. The smallest absolute Gasteiger partial charge is 0.133 e. The third-order valence-corrected chi connectivity index (χ3v) is 5.14. The van der Waals surface area contributed by atoms with Crippen molar-refractivity contribution in [2.75, 3.05) is 31.6 Å². The molecule has 1 aliphatic heterocycles. The van der Waals surface area contributed by atoms with Gasteiger partial charge >= 0.3 is 0 Å². The Balaban J connectivity index is 2.03. The number of anilines is 1. The van der Waals surface area contributed by atoms with E-state index in [9.17, 15) is 0 Å². The van der Waals surface area contributed by atoms with E-state index in [0.717, 1.165) is 36.3 Å². The normalized spacial score (nSPS) is 19.1. The highest BCUT2D eigenvalue weighted by Gasteiger charge is 2.32. The van der Waals surface area contributed by atoms with Crippen molar-refractivity contribution >= 4 is 32.7 Å². The summed E-state index contributed by atoms with van der Waals surface area (Å²) in [4.78, 5) is 9.80. The second kappa shape index (κ2) is 5.58. The van der Waals surface area contributed by atoms with Crippen LogP contribution in [0.1, 0.15) is 19.4 Å². The van der Waals surface area contributed by atoms with Crippen LogP contribution in [0.15, 0.2) is 30.3 Å². The average Bonchev–Trinajstić information content (AvgIpc) is 2.48. The topological polar surface area (TPSA) is 19.4 Å². The fraction of sp³-hybridized carbons (Fsp3) is 0.471. The molecule has 0 radical (unpaired) electrons. The van der Waals surface area contributed by atoms with Crippen LogP contribution in [0.2, 0.25) is 0 Å². The number of hydrogen-bond acceptors (Lipinski definition) is 3. The Morgan fingerprint density at radius 3 is 2.71 bits per heavy atom. The molecule has 21 heavy (non-hydrogen) atoms. The van der Waals surface area contributed by atoms with Crippen molar-refractivity contribution in [2.24, 2.45) is 0 Å². The molecule has 3 rings (SSSR count). The zero-order chi connectivity index (χ0) is 15.0. The van der Waals surface area contributed by atoms with E-state index in [2.05, 4.69) is 77.0 Å². The summed E-state index contributed by atoms with van der Waals surface area (Å²) in [6, 6.07) is 10.6. The number of para-hydroxylation sites is 1. The lowest BCUT2D eigenvalue weighted by atomic mass is 9.99. The van der Waals surface area contributed by atoms with Gasteiger partial charge < -0.3 is 4.90 Å². The van der Waals surface area contributed by atoms with E-state index in [1.54, 1.807) is 0 Å². The Bertz CT molecular complexity index is 654. The van der Waals surface area contributed by atoms with Crippen molar-refractivity contribution in [3.8, 4) is 0 Å². The molecule has 0 N–H and O–H groups in total. The Morgan fingerprint density at radius 1 is 1.24 bits per heavy atom. The first-order valence-electron chi connectivity index (χ1n) is 7.42. The lowest BCUT2D eigenvalue weighted by molar-refractivity contribution is 0.138. The quantitative estimate of drug-likeness (QED) is 0.772. The van der Waals surface area contributed by atoms with E-state index in [0.29, 0.717) is 0 Å². The van der Waals surface area contributed by atoms with E-state index in [-0.39, 0.29) is 5.54 Å². The van der Waals surface area contributed by atoms with Crippen molar-refractivity contribution in [3.05, 3.63) is 35.9 Å². The average molecular weight is 348 g/mol. The van der Waals surface area contributed by atoms with Gasteiger partial charge in [0.1, 0.15) is 5.82 Å². The Hall–Kier alpha value is -1.13. The Labute approximate surface area is 135 Å². The number of benzene rings is 1. The number of halogens is 1. The summed E-state index contributed by atoms with van der Waals surface area (Å²) in [5.74, 6) is 1.13. The molecule has 112 valence electrons. The molecule has 0 atom stereocenters. The molecule has 0 bridgehead atoms. The van der Waals surface area contributed by atoms with Gasteiger partial charge in [-0.25, -0.2) is 4.98 Å². The molecular formula is C17H22BrN3. The predicted molar refractivity (Wildman–Crippen MR) is 93.3 cm³/mol. The van der Waals surface area contributed by atoms with E-state index in [1.807, 2.05) is 0 Å². The maximum absolute atomic E-state index is 4.94. The van der Waals surface area contributed by atoms with Gasteiger partial charge in [-0.05, 0) is 33.0 Å². The first-order valence-corrected chi connectivity index (χ1v) is 8.54. The van der Waals surface area contributed by atoms with Gasteiger partial charge in [0.2, 0.25) is 0 Å². The number of aromatic nitrogens is 1. The number of hydrogen-bond donors (Lipinski definition) is 0. The standard InChI is InChI=1S/C17H22BrN3/c1-17(2)12-21(9-8-20(17)3)16-14(11-18)10-13-6-4-5-7-15(13)19-16/h4-7,10H,8-9,11-12H2,1-3H3. The number of piperazine rings is 1. The molecule has 0 aliphatic carbocycles. The molecule has 0 saturated carbocycles. The molecule has 0 spiro atoms. The molecular weight excluding hydrogens is 326 g/mol. The van der Waals surface area contributed by atoms with E-state index in [4.69, 9.17) is 4.98 Å². The van der Waals surface area contributed by atoms with Gasteiger partial charge in [0.05, 0.1) is 5.52 Å². The van der Waals surface area contributed by atoms with Gasteiger partial charge in [0.15, 0.2) is 0 Å². The van der Waals surface area contributed by atoms with Crippen LogP contribution in [0, 0.1) is 0 Å². The van der Waals surface area contributed by atoms with E-state index in [1.165, 1.54) is 10.9 Å². The summed E-state index contributed by atoms with van der Waals surface area (Å²) in [6.45, 7) is 7.71. The van der Waals surface area contributed by atoms with E-state index < -0.39 is 0 Å². The van der Waals surface area contributed by atoms with Crippen molar-refractivity contribution in [1.29, 1.82) is 0 Å². The minimum absolute atomic E-state index is 0.176. The summed E-state index contributed by atoms with van der Waals surface area (Å²) in [5, 5.41) is 2.05. The number of rotatable bonds is 2. The molecule has 2 heterocycles. The van der Waals surface area contributed by atoms with Gasteiger partial charge in [0.25, 0.3) is 0 Å². The molecule has 1 saturated heterocycles. The molecule has 0 unspecified atom stereocenters. The monoisotopic (exact) mass is 347 g/mol. The van der Waals surface area contributed by atoms with Gasteiger partial charge in [-0.15, -0.1) is 0 Å². The molecule has 1 aromatic heterocycles. The Morgan fingerprint density at radius 2 is 2.00 bits per heavy atom. The second-order valence-corrected chi connectivity index (χ2v) is 7.01. The molecule has 2 aromatic rings. The summed E-state index contributed by atoms with van der Waals surface area (Å²) in [7, 11) is 2.20. The minimum atomic E-state index is 0.176.